The zero-order valence-corrected chi connectivity index (χ0v) is 26.1. The van der Waals surface area contributed by atoms with Crippen LogP contribution < -0.4 is 4.74 Å². The van der Waals surface area contributed by atoms with Crippen LogP contribution in [0.4, 0.5) is 0 Å². The first-order chi connectivity index (χ1) is 18.8. The number of likely N-dealkylation sites (tertiary alicyclic amines) is 1. The Balaban J connectivity index is 1.85. The Hall–Kier alpha value is -2.38. The van der Waals surface area contributed by atoms with E-state index in [-0.39, 0.29) is 29.8 Å². The molecule has 1 N–H and O–H groups in total. The normalized spacial score (nSPS) is 21.5. The van der Waals surface area contributed by atoms with Crippen LogP contribution in [-0.4, -0.2) is 97.8 Å². The van der Waals surface area contributed by atoms with Gasteiger partial charge in [-0.15, -0.1) is 0 Å². The van der Waals surface area contributed by atoms with Gasteiger partial charge in [0, 0.05) is 38.0 Å². The summed E-state index contributed by atoms with van der Waals surface area (Å²) in [6.07, 6.45) is 9.83. The van der Waals surface area contributed by atoms with Crippen molar-refractivity contribution in [2.75, 3.05) is 60.5 Å². The number of amides is 1. The fourth-order valence-electron chi connectivity index (χ4n) is 6.45. The number of ether oxygens (including phenoxy) is 1. The number of carboxylic acid groups (broad SMARTS) is 1. The summed E-state index contributed by atoms with van der Waals surface area (Å²) in [5.41, 5.74) is 2.02. The lowest BCUT2D eigenvalue weighted by Crippen LogP contribution is -2.46. The van der Waals surface area contributed by atoms with Crippen molar-refractivity contribution in [3.63, 3.8) is 0 Å². The Kier molecular flexibility index (Phi) is 11.2. The third-order valence-corrected chi connectivity index (χ3v) is 8.51. The van der Waals surface area contributed by atoms with Crippen LogP contribution >= 0.6 is 0 Å². The summed E-state index contributed by atoms with van der Waals surface area (Å²) >= 11 is 0. The molecular formula is C33H54N3O4+. The molecule has 2 heterocycles. The maximum atomic E-state index is 13.8. The second kappa shape index (κ2) is 14.0. The van der Waals surface area contributed by atoms with Gasteiger partial charge in [0.2, 0.25) is 5.91 Å². The molecule has 224 valence electrons. The number of rotatable bonds is 15. The largest absolute Gasteiger partial charge is 0.493 e. The lowest BCUT2D eigenvalue weighted by Gasteiger charge is -2.34. The van der Waals surface area contributed by atoms with E-state index < -0.39 is 11.9 Å². The van der Waals surface area contributed by atoms with Gasteiger partial charge < -0.3 is 19.2 Å². The first-order valence-corrected chi connectivity index (χ1v) is 15.3. The molecule has 1 aromatic carbocycles. The van der Waals surface area contributed by atoms with E-state index in [4.69, 9.17) is 4.74 Å². The van der Waals surface area contributed by atoms with Crippen LogP contribution in [0.5, 0.6) is 5.75 Å². The molecule has 0 unspecified atom stereocenters. The van der Waals surface area contributed by atoms with E-state index in [9.17, 15) is 14.7 Å². The molecule has 2 aliphatic heterocycles. The van der Waals surface area contributed by atoms with Crippen LogP contribution in [0.25, 0.3) is 0 Å². The van der Waals surface area contributed by atoms with Gasteiger partial charge in [-0.3, -0.25) is 14.5 Å². The van der Waals surface area contributed by atoms with Gasteiger partial charge in [0.15, 0.2) is 0 Å². The number of quaternary nitrogens is 1. The number of benzene rings is 1. The van der Waals surface area contributed by atoms with E-state index in [0.717, 1.165) is 73.1 Å². The molecule has 2 aliphatic rings. The highest BCUT2D eigenvalue weighted by atomic mass is 16.5. The molecule has 0 radical (unpaired) electrons. The molecule has 3 atom stereocenters. The maximum Gasteiger partial charge on any atom is 0.308 e. The fraction of sp³-hybridized carbons (Fsp3) is 0.697. The van der Waals surface area contributed by atoms with Crippen molar-refractivity contribution in [3.05, 3.63) is 41.5 Å². The molecule has 1 amide bonds. The van der Waals surface area contributed by atoms with Crippen molar-refractivity contribution < 1.29 is 23.9 Å². The smallest absolute Gasteiger partial charge is 0.308 e. The number of carbonyl (C=O) groups excluding carboxylic acids is 1. The van der Waals surface area contributed by atoms with Crippen LogP contribution in [0.2, 0.25) is 0 Å². The summed E-state index contributed by atoms with van der Waals surface area (Å²) in [4.78, 5) is 30.9. The molecule has 1 aromatic rings. The van der Waals surface area contributed by atoms with Gasteiger partial charge in [0.05, 0.1) is 46.8 Å². The first-order valence-electron chi connectivity index (χ1n) is 15.3. The van der Waals surface area contributed by atoms with E-state index in [2.05, 4.69) is 59.0 Å². The van der Waals surface area contributed by atoms with E-state index >= 15 is 0 Å². The highest BCUT2D eigenvalue weighted by Crippen LogP contribution is 2.43. The Labute approximate surface area is 242 Å². The predicted octanol–water partition coefficient (Wildman–Crippen LogP) is 5.20. The molecule has 3 rings (SSSR count). The summed E-state index contributed by atoms with van der Waals surface area (Å²) in [6.45, 7) is 12.6. The molecule has 7 heteroatoms. The van der Waals surface area contributed by atoms with E-state index in [1.54, 1.807) is 0 Å². The molecule has 1 saturated heterocycles. The van der Waals surface area contributed by atoms with Gasteiger partial charge in [0.1, 0.15) is 5.75 Å². The monoisotopic (exact) mass is 556 g/mol. The Morgan fingerprint density at radius 2 is 1.90 bits per heavy atom. The molecule has 40 heavy (non-hydrogen) atoms. The highest BCUT2D eigenvalue weighted by Gasteiger charge is 2.48. The minimum absolute atomic E-state index is 0.125. The third kappa shape index (κ3) is 8.81. The average Bonchev–Trinajstić information content (AvgIpc) is 3.46. The lowest BCUT2D eigenvalue weighted by molar-refractivity contribution is -0.870. The summed E-state index contributed by atoms with van der Waals surface area (Å²) in [7, 11) is 6.60. The number of aliphatic carboxylic acids is 1. The first kappa shape index (κ1) is 32.1. The lowest BCUT2D eigenvalue weighted by atomic mass is 9.77. The molecule has 7 nitrogen and oxygen atoms in total. The maximum absolute atomic E-state index is 13.8. The minimum Gasteiger partial charge on any atom is -0.493 e. The number of carbonyl (C=O) groups is 2. The van der Waals surface area contributed by atoms with Gasteiger partial charge in [-0.2, -0.15) is 0 Å². The van der Waals surface area contributed by atoms with E-state index in [1.165, 1.54) is 0 Å². The van der Waals surface area contributed by atoms with Gasteiger partial charge in [-0.25, -0.2) is 0 Å². The number of hydrogen-bond donors (Lipinski definition) is 1. The Morgan fingerprint density at radius 3 is 2.55 bits per heavy atom. The SMILES string of the molecule is CC=CC(C)(C)C[C@H]1[C@H](C(=O)O)[C@@H](c2ccc3c(c2)CCO3)CN1CC(=O)N(CCCC)CCCC[N+](C)(C)C. The molecule has 0 bridgehead atoms. The number of hydrogen-bond acceptors (Lipinski definition) is 4. The predicted molar refractivity (Wildman–Crippen MR) is 162 cm³/mol. The summed E-state index contributed by atoms with van der Waals surface area (Å²) in [5, 5.41) is 10.6. The van der Waals surface area contributed by atoms with Crippen molar-refractivity contribution in [1.82, 2.24) is 9.80 Å². The van der Waals surface area contributed by atoms with Gasteiger partial charge in [-0.1, -0.05) is 51.5 Å². The number of fused-ring (bicyclic) bond motifs is 1. The van der Waals surface area contributed by atoms with Crippen molar-refractivity contribution >= 4 is 11.9 Å². The molecular weight excluding hydrogens is 502 g/mol. The van der Waals surface area contributed by atoms with Gasteiger partial charge in [0.25, 0.3) is 0 Å². The van der Waals surface area contributed by atoms with Crippen molar-refractivity contribution in [2.45, 2.75) is 78.2 Å². The van der Waals surface area contributed by atoms with E-state index in [1.807, 2.05) is 30.0 Å². The van der Waals surface area contributed by atoms with Crippen LogP contribution in [-0.2, 0) is 16.0 Å². The average molecular weight is 557 g/mol. The van der Waals surface area contributed by atoms with Crippen LogP contribution in [0.15, 0.2) is 30.4 Å². The molecule has 1 fully saturated rings. The summed E-state index contributed by atoms with van der Waals surface area (Å²) in [6, 6.07) is 5.94. The minimum atomic E-state index is -0.777. The van der Waals surface area contributed by atoms with Crippen molar-refractivity contribution in [3.8, 4) is 5.75 Å². The summed E-state index contributed by atoms with van der Waals surface area (Å²) < 4.78 is 6.63. The van der Waals surface area contributed by atoms with Crippen LogP contribution in [0, 0.1) is 11.3 Å². The topological polar surface area (TPSA) is 70.1 Å². The molecule has 0 spiro atoms. The number of allylic oxidation sites excluding steroid dienone is 2. The zero-order valence-electron chi connectivity index (χ0n) is 26.1. The van der Waals surface area contributed by atoms with Crippen molar-refractivity contribution in [2.24, 2.45) is 11.3 Å². The standard InChI is InChI=1S/C33H53N3O4/c1-8-10-17-34(18-11-12-19-36(5,6)7)30(37)24-35-23-27(25-13-14-29-26(21-25)15-20-40-29)31(32(38)39)28(35)22-33(3,4)16-9-2/h9,13-14,16,21,27-28,31H,8,10-12,15,17-20,22-24H2,1-7H3/p+1/t27-,28+,31-/m1/s1. The summed E-state index contributed by atoms with van der Waals surface area (Å²) in [5.74, 6) is -0.494. The van der Waals surface area contributed by atoms with Gasteiger partial charge in [-0.05, 0) is 55.2 Å². The number of carboxylic acids is 1. The van der Waals surface area contributed by atoms with Crippen molar-refractivity contribution in [1.29, 1.82) is 0 Å². The molecule has 0 aromatic heterocycles. The number of nitrogens with zero attached hydrogens (tertiary/aromatic N) is 3. The third-order valence-electron chi connectivity index (χ3n) is 8.51. The quantitative estimate of drug-likeness (QED) is 0.183. The van der Waals surface area contributed by atoms with Crippen LogP contribution in [0.1, 0.15) is 76.8 Å². The Bertz CT molecular complexity index is 1030. The van der Waals surface area contributed by atoms with Crippen LogP contribution in [0.3, 0.4) is 0 Å². The zero-order chi connectivity index (χ0) is 29.5. The highest BCUT2D eigenvalue weighted by molar-refractivity contribution is 5.79. The van der Waals surface area contributed by atoms with E-state index in [0.29, 0.717) is 19.6 Å². The second-order valence-electron chi connectivity index (χ2n) is 13.6. The Morgan fingerprint density at radius 1 is 1.18 bits per heavy atom. The van der Waals surface area contributed by atoms with Gasteiger partial charge >= 0.3 is 5.97 Å². The second-order valence-corrected chi connectivity index (χ2v) is 13.6. The fourth-order valence-corrected chi connectivity index (χ4v) is 6.45. The molecule has 0 saturated carbocycles. The molecule has 0 aliphatic carbocycles. The number of unbranched alkanes of at least 4 members (excludes halogenated alkanes) is 2.